The zero-order chi connectivity index (χ0) is 22.7. The Morgan fingerprint density at radius 2 is 2.03 bits per heavy atom. The molecule has 180 valence electrons. The topological polar surface area (TPSA) is 82.6 Å². The van der Waals surface area contributed by atoms with E-state index in [1.165, 1.54) is 0 Å². The highest BCUT2D eigenvalue weighted by Gasteiger charge is 2.30. The number of carbonyl (C=O) groups is 1. The van der Waals surface area contributed by atoms with Crippen LogP contribution in [-0.4, -0.2) is 66.7 Å². The van der Waals surface area contributed by atoms with Crippen LogP contribution >= 0.6 is 35.6 Å². The lowest BCUT2D eigenvalue weighted by molar-refractivity contribution is -0.133. The third-order valence-corrected chi connectivity index (χ3v) is 6.54. The number of anilines is 2. The Hall–Kier alpha value is -2.00. The summed E-state index contributed by atoms with van der Waals surface area (Å²) in [6, 6.07) is 5.28. The van der Waals surface area contributed by atoms with Gasteiger partial charge in [0.1, 0.15) is 0 Å². The average Bonchev–Trinajstić information content (AvgIpc) is 3.33. The minimum Gasteiger partial charge on any atom is -0.491 e. The van der Waals surface area contributed by atoms with Gasteiger partial charge in [-0.15, -0.1) is 12.4 Å². The molecule has 1 aromatic heterocycles. The Balaban J connectivity index is 0.00000306. The lowest BCUT2D eigenvalue weighted by Crippen LogP contribution is -2.53. The summed E-state index contributed by atoms with van der Waals surface area (Å²) >= 11 is 12.4. The molecule has 33 heavy (non-hydrogen) atoms. The summed E-state index contributed by atoms with van der Waals surface area (Å²) in [4.78, 5) is 25.9. The smallest absolute Gasteiger partial charge is 0.239 e. The van der Waals surface area contributed by atoms with Gasteiger partial charge in [0.15, 0.2) is 11.6 Å². The number of nitrogens with zero attached hydrogens (tertiary/aromatic N) is 4. The zero-order valence-electron chi connectivity index (χ0n) is 18.7. The van der Waals surface area contributed by atoms with Crippen molar-refractivity contribution in [3.05, 3.63) is 40.0 Å². The molecular weight excluding hydrogens is 487 g/mol. The van der Waals surface area contributed by atoms with Gasteiger partial charge in [-0.2, -0.15) is 4.98 Å². The maximum Gasteiger partial charge on any atom is 0.239 e. The summed E-state index contributed by atoms with van der Waals surface area (Å²) < 4.78 is 5.46. The summed E-state index contributed by atoms with van der Waals surface area (Å²) in [6.45, 7) is 5.60. The van der Waals surface area contributed by atoms with Crippen LogP contribution in [0.4, 0.5) is 11.8 Å². The van der Waals surface area contributed by atoms with Crippen LogP contribution < -0.4 is 20.3 Å². The first-order valence-corrected chi connectivity index (χ1v) is 11.6. The van der Waals surface area contributed by atoms with Crippen molar-refractivity contribution >= 4 is 53.3 Å². The third kappa shape index (κ3) is 5.93. The first-order chi connectivity index (χ1) is 15.5. The number of amides is 1. The van der Waals surface area contributed by atoms with Crippen LogP contribution in [0.5, 0.6) is 5.75 Å². The van der Waals surface area contributed by atoms with E-state index in [0.29, 0.717) is 53.7 Å². The average molecular weight is 516 g/mol. The van der Waals surface area contributed by atoms with E-state index in [1.54, 1.807) is 19.4 Å². The second-order valence-electron chi connectivity index (χ2n) is 8.08. The number of halogens is 3. The van der Waals surface area contributed by atoms with Crippen LogP contribution in [0.3, 0.4) is 0 Å². The zero-order valence-corrected chi connectivity index (χ0v) is 21.0. The number of nitrogens with one attached hydrogen (secondary N) is 2. The lowest BCUT2D eigenvalue weighted by atomic mass is 10.1. The molecule has 2 aliphatic rings. The monoisotopic (exact) mass is 514 g/mol. The van der Waals surface area contributed by atoms with E-state index in [-0.39, 0.29) is 30.4 Å². The molecule has 0 bridgehead atoms. The number of methoxy groups -OCH3 is 1. The minimum absolute atomic E-state index is 0. The summed E-state index contributed by atoms with van der Waals surface area (Å²) in [5, 5.41) is 7.84. The fourth-order valence-corrected chi connectivity index (χ4v) is 4.72. The van der Waals surface area contributed by atoms with Crippen molar-refractivity contribution in [1.82, 2.24) is 20.2 Å². The highest BCUT2D eigenvalue weighted by atomic mass is 35.5. The number of piperazine rings is 1. The van der Waals surface area contributed by atoms with Crippen molar-refractivity contribution in [3.8, 4) is 5.75 Å². The van der Waals surface area contributed by atoms with Gasteiger partial charge in [-0.25, -0.2) is 4.98 Å². The fraction of sp³-hybridized carbons (Fsp3) is 0.500. The maximum atomic E-state index is 12.7. The molecule has 2 aliphatic heterocycles. The van der Waals surface area contributed by atoms with Crippen LogP contribution in [0.2, 0.25) is 10.0 Å². The second-order valence-corrected chi connectivity index (χ2v) is 8.92. The molecular formula is C22H29Cl3N6O2. The van der Waals surface area contributed by atoms with Crippen molar-refractivity contribution in [2.75, 3.05) is 50.1 Å². The van der Waals surface area contributed by atoms with Crippen LogP contribution in [0, 0.1) is 0 Å². The van der Waals surface area contributed by atoms with E-state index in [0.717, 1.165) is 24.9 Å². The van der Waals surface area contributed by atoms with Gasteiger partial charge in [0.2, 0.25) is 11.9 Å². The molecule has 1 unspecified atom stereocenters. The Morgan fingerprint density at radius 3 is 2.67 bits per heavy atom. The van der Waals surface area contributed by atoms with Gasteiger partial charge >= 0.3 is 0 Å². The predicted octanol–water partition coefficient (Wildman–Crippen LogP) is 3.79. The molecule has 2 fully saturated rings. The first-order valence-electron chi connectivity index (χ1n) is 10.9. The highest BCUT2D eigenvalue weighted by molar-refractivity contribution is 6.35. The molecule has 11 heteroatoms. The quantitative estimate of drug-likeness (QED) is 0.606. The van der Waals surface area contributed by atoms with Crippen LogP contribution in [0.15, 0.2) is 24.4 Å². The van der Waals surface area contributed by atoms with Crippen molar-refractivity contribution < 1.29 is 9.53 Å². The molecule has 2 aromatic rings. The normalized spacial score (nSPS) is 19.1. The Labute approximate surface area is 210 Å². The maximum absolute atomic E-state index is 12.7. The number of aromatic nitrogens is 2. The number of hydrogen-bond acceptors (Lipinski definition) is 7. The van der Waals surface area contributed by atoms with Gasteiger partial charge in [0.25, 0.3) is 0 Å². The molecule has 0 saturated carbocycles. The Morgan fingerprint density at radius 1 is 1.27 bits per heavy atom. The molecule has 2 saturated heterocycles. The van der Waals surface area contributed by atoms with Crippen LogP contribution in [-0.2, 0) is 4.79 Å². The number of rotatable bonds is 6. The van der Waals surface area contributed by atoms with E-state index in [4.69, 9.17) is 32.9 Å². The van der Waals surface area contributed by atoms with Gasteiger partial charge in [-0.05, 0) is 44.0 Å². The molecule has 1 aromatic carbocycles. The summed E-state index contributed by atoms with van der Waals surface area (Å²) in [7, 11) is 1.59. The highest BCUT2D eigenvalue weighted by Crippen LogP contribution is 2.31. The Kier molecular flexibility index (Phi) is 8.87. The van der Waals surface area contributed by atoms with E-state index in [9.17, 15) is 4.79 Å². The standard InChI is InChI=1S/C22H28Cl2N6O2.ClH/c1-14(16-6-5-15(23)12-17(16)24)27-20-19(32-2)13-26-22(28-20)30-10-8-29(9-11-30)21(31)18-4-3-7-25-18;/h5-6,12-14,18,25H,3-4,7-11H2,1-2H3,(H,26,27,28);1H/t14?,18-;/m1./s1. The molecule has 3 heterocycles. The van der Waals surface area contributed by atoms with Crippen molar-refractivity contribution in [3.63, 3.8) is 0 Å². The van der Waals surface area contributed by atoms with E-state index < -0.39 is 0 Å². The molecule has 2 N–H and O–H groups in total. The van der Waals surface area contributed by atoms with E-state index in [2.05, 4.69) is 20.5 Å². The van der Waals surface area contributed by atoms with Crippen molar-refractivity contribution in [2.24, 2.45) is 0 Å². The van der Waals surface area contributed by atoms with Crippen molar-refractivity contribution in [1.29, 1.82) is 0 Å². The number of ether oxygens (including phenoxy) is 1. The summed E-state index contributed by atoms with van der Waals surface area (Å²) in [5.74, 6) is 1.94. The molecule has 2 atom stereocenters. The predicted molar refractivity (Wildman–Crippen MR) is 134 cm³/mol. The molecule has 0 spiro atoms. The van der Waals surface area contributed by atoms with Gasteiger partial charge in [-0.3, -0.25) is 4.79 Å². The van der Waals surface area contributed by atoms with Gasteiger partial charge in [-0.1, -0.05) is 29.3 Å². The van der Waals surface area contributed by atoms with Gasteiger partial charge in [0.05, 0.1) is 25.4 Å². The fourth-order valence-electron chi connectivity index (χ4n) is 4.14. The number of carbonyl (C=O) groups excluding carboxylic acids is 1. The molecule has 4 rings (SSSR count). The largest absolute Gasteiger partial charge is 0.491 e. The molecule has 1 amide bonds. The van der Waals surface area contributed by atoms with E-state index >= 15 is 0 Å². The van der Waals surface area contributed by atoms with Crippen molar-refractivity contribution in [2.45, 2.75) is 31.8 Å². The minimum atomic E-state index is -0.121. The third-order valence-electron chi connectivity index (χ3n) is 5.98. The van der Waals surface area contributed by atoms with Crippen LogP contribution in [0.1, 0.15) is 31.4 Å². The van der Waals surface area contributed by atoms with Crippen LogP contribution in [0.25, 0.3) is 0 Å². The second kappa shape index (κ2) is 11.4. The SMILES string of the molecule is COc1cnc(N2CCN(C(=O)[C@H]3CCCN3)CC2)nc1NC(C)c1ccc(Cl)cc1Cl.Cl. The molecule has 8 nitrogen and oxygen atoms in total. The summed E-state index contributed by atoms with van der Waals surface area (Å²) in [5.41, 5.74) is 0.908. The number of benzene rings is 1. The van der Waals surface area contributed by atoms with E-state index in [1.807, 2.05) is 24.0 Å². The Bertz CT molecular complexity index is 965. The van der Waals surface area contributed by atoms with Gasteiger partial charge < -0.3 is 25.2 Å². The lowest BCUT2D eigenvalue weighted by Gasteiger charge is -2.36. The first kappa shape index (κ1) is 25.6. The number of hydrogen-bond donors (Lipinski definition) is 2. The molecule has 0 radical (unpaired) electrons. The summed E-state index contributed by atoms with van der Waals surface area (Å²) in [6.07, 6.45) is 3.65. The molecule has 0 aliphatic carbocycles. The van der Waals surface area contributed by atoms with Gasteiger partial charge in [0, 0.05) is 36.2 Å².